The minimum Gasteiger partial charge on any atom is -0.504 e. The molecule has 0 saturated carbocycles. The summed E-state index contributed by atoms with van der Waals surface area (Å²) in [6.45, 7) is 1.89. The minimum absolute atomic E-state index is 0.0308. The summed E-state index contributed by atoms with van der Waals surface area (Å²) in [5.74, 6) is 2.60. The van der Waals surface area contributed by atoms with Crippen molar-refractivity contribution in [1.29, 1.82) is 0 Å². The van der Waals surface area contributed by atoms with Gasteiger partial charge in [-0.15, -0.1) is 6.42 Å². The number of aryl methyl sites for hydroxylation is 1. The van der Waals surface area contributed by atoms with E-state index in [9.17, 15) is 10.2 Å². The molecule has 0 aromatic heterocycles. The zero-order valence-corrected chi connectivity index (χ0v) is 9.10. The summed E-state index contributed by atoms with van der Waals surface area (Å²) in [6, 6.07) is 3.20. The second kappa shape index (κ2) is 5.40. The maximum Gasteiger partial charge on any atom is 0.163 e. The third-order valence-corrected chi connectivity index (χ3v) is 2.21. The average molecular weight is 221 g/mol. The van der Waals surface area contributed by atoms with Crippen LogP contribution in [0.15, 0.2) is 12.1 Å². The van der Waals surface area contributed by atoms with Crippen LogP contribution >= 0.6 is 0 Å². The maximum atomic E-state index is 9.70. The van der Waals surface area contributed by atoms with Crippen LogP contribution in [0.5, 0.6) is 11.5 Å². The van der Waals surface area contributed by atoms with Gasteiger partial charge in [0.25, 0.3) is 0 Å². The van der Waals surface area contributed by atoms with E-state index in [0.717, 1.165) is 0 Å². The molecule has 0 fully saturated rings. The highest BCUT2D eigenvalue weighted by Gasteiger charge is 2.12. The highest BCUT2D eigenvalue weighted by molar-refractivity contribution is 5.48. The van der Waals surface area contributed by atoms with E-state index in [2.05, 4.69) is 5.92 Å². The molecule has 0 bridgehead atoms. The number of aliphatic hydroxyl groups is 1. The molecule has 0 aliphatic rings. The topological polar surface area (TPSA) is 75.7 Å². The first-order valence-corrected chi connectivity index (χ1v) is 4.88. The monoisotopic (exact) mass is 221 g/mol. The summed E-state index contributed by atoms with van der Waals surface area (Å²) < 4.78 is 5.16. The highest BCUT2D eigenvalue weighted by Crippen LogP contribution is 2.32. The summed E-state index contributed by atoms with van der Waals surface area (Å²) in [5, 5.41) is 19.3. The summed E-state index contributed by atoms with van der Waals surface area (Å²) in [4.78, 5) is 0. The molecule has 1 atom stereocenters. The molecule has 86 valence electrons. The number of hydrogen-bond donors (Lipinski definition) is 3. The fraction of sp³-hybridized carbons (Fsp3) is 0.333. The number of hydrogen-bond acceptors (Lipinski definition) is 4. The smallest absolute Gasteiger partial charge is 0.163 e. The lowest BCUT2D eigenvalue weighted by atomic mass is 10.1. The lowest BCUT2D eigenvalue weighted by molar-refractivity contribution is 0.186. The molecule has 0 spiro atoms. The van der Waals surface area contributed by atoms with Crippen molar-refractivity contribution in [2.24, 2.45) is 5.73 Å². The van der Waals surface area contributed by atoms with Gasteiger partial charge in [0, 0.05) is 6.54 Å². The fourth-order valence-electron chi connectivity index (χ4n) is 1.33. The number of benzene rings is 1. The van der Waals surface area contributed by atoms with E-state index >= 15 is 0 Å². The Balaban J connectivity index is 3.07. The largest absolute Gasteiger partial charge is 0.504 e. The zero-order chi connectivity index (χ0) is 12.1. The molecular weight excluding hydrogens is 206 g/mol. The van der Waals surface area contributed by atoms with Crippen molar-refractivity contribution >= 4 is 0 Å². The Hall–Kier alpha value is -1.70. The summed E-state index contributed by atoms with van der Waals surface area (Å²) in [6.07, 6.45) is 4.29. The second-order valence-corrected chi connectivity index (χ2v) is 3.43. The number of rotatable bonds is 4. The third kappa shape index (κ3) is 2.66. The van der Waals surface area contributed by atoms with E-state index in [4.69, 9.17) is 16.9 Å². The molecule has 0 aliphatic carbocycles. The Bertz CT molecular complexity index is 409. The van der Waals surface area contributed by atoms with E-state index in [1.807, 2.05) is 0 Å². The molecule has 1 aromatic rings. The van der Waals surface area contributed by atoms with Crippen LogP contribution in [0, 0.1) is 19.3 Å². The third-order valence-electron chi connectivity index (χ3n) is 2.21. The first kappa shape index (κ1) is 12.4. The van der Waals surface area contributed by atoms with Crippen molar-refractivity contribution in [3.8, 4) is 23.8 Å². The number of nitrogens with two attached hydrogens (primary N) is 1. The van der Waals surface area contributed by atoms with Gasteiger partial charge in [-0.1, -0.05) is 5.92 Å². The molecule has 1 rings (SSSR count). The van der Waals surface area contributed by atoms with Crippen molar-refractivity contribution < 1.29 is 14.9 Å². The summed E-state index contributed by atoms with van der Waals surface area (Å²) in [5.41, 5.74) is 6.57. The van der Waals surface area contributed by atoms with Crippen molar-refractivity contribution in [2.75, 3.05) is 13.2 Å². The van der Waals surface area contributed by atoms with Gasteiger partial charge < -0.3 is 20.7 Å². The predicted octanol–water partition coefficient (Wildman–Crippen LogP) is 0.705. The van der Waals surface area contributed by atoms with Gasteiger partial charge in [-0.25, -0.2) is 0 Å². The molecule has 4 heteroatoms. The normalized spacial score (nSPS) is 11.9. The van der Waals surface area contributed by atoms with E-state index in [-0.39, 0.29) is 24.7 Å². The van der Waals surface area contributed by atoms with Crippen LogP contribution in [0.3, 0.4) is 0 Å². The molecule has 0 heterocycles. The van der Waals surface area contributed by atoms with E-state index in [1.54, 1.807) is 13.0 Å². The molecule has 0 saturated heterocycles. The first-order valence-electron chi connectivity index (χ1n) is 4.88. The zero-order valence-electron chi connectivity index (χ0n) is 9.10. The van der Waals surface area contributed by atoms with Gasteiger partial charge in [-0.2, -0.15) is 0 Å². The Morgan fingerprint density at radius 1 is 1.56 bits per heavy atom. The lowest BCUT2D eigenvalue weighted by Gasteiger charge is -2.13. The van der Waals surface area contributed by atoms with Crippen LogP contribution in [0.2, 0.25) is 0 Å². The van der Waals surface area contributed by atoms with Gasteiger partial charge in [0.15, 0.2) is 11.5 Å². The number of phenolic OH excluding ortho intramolecular Hbond substituents is 1. The number of terminal acetylenes is 1. The number of phenols is 1. The van der Waals surface area contributed by atoms with Gasteiger partial charge in [0.2, 0.25) is 0 Å². The number of ether oxygens (including phenoxy) is 1. The molecule has 1 unspecified atom stereocenters. The van der Waals surface area contributed by atoms with E-state index in [0.29, 0.717) is 11.1 Å². The molecule has 4 N–H and O–H groups in total. The lowest BCUT2D eigenvalue weighted by Crippen LogP contribution is -2.12. The predicted molar refractivity (Wildman–Crippen MR) is 61.2 cm³/mol. The Kier molecular flexibility index (Phi) is 4.18. The van der Waals surface area contributed by atoms with Crippen LogP contribution in [-0.4, -0.2) is 23.4 Å². The summed E-state index contributed by atoms with van der Waals surface area (Å²) in [7, 11) is 0. The standard InChI is InChI=1S/C12H15NO3/c1-3-4-16-11-6-9(10(14)7-13)5-8(2)12(11)15/h1,5-6,10,14-15H,4,7,13H2,2H3. The molecule has 4 nitrogen and oxygen atoms in total. The molecule has 0 aliphatic heterocycles. The molecule has 0 amide bonds. The Morgan fingerprint density at radius 3 is 2.81 bits per heavy atom. The molecule has 0 radical (unpaired) electrons. The van der Waals surface area contributed by atoms with Crippen molar-refractivity contribution in [2.45, 2.75) is 13.0 Å². The summed E-state index contributed by atoms with van der Waals surface area (Å²) >= 11 is 0. The van der Waals surface area contributed by atoms with E-state index in [1.165, 1.54) is 6.07 Å². The van der Waals surface area contributed by atoms with Crippen molar-refractivity contribution in [3.63, 3.8) is 0 Å². The highest BCUT2D eigenvalue weighted by atomic mass is 16.5. The van der Waals surface area contributed by atoms with E-state index < -0.39 is 6.10 Å². The average Bonchev–Trinajstić information content (AvgIpc) is 2.29. The van der Waals surface area contributed by atoms with Crippen molar-refractivity contribution in [3.05, 3.63) is 23.3 Å². The maximum absolute atomic E-state index is 9.70. The van der Waals surface area contributed by atoms with Crippen LogP contribution in [0.1, 0.15) is 17.2 Å². The Labute approximate surface area is 94.7 Å². The van der Waals surface area contributed by atoms with Crippen LogP contribution in [-0.2, 0) is 0 Å². The minimum atomic E-state index is -0.771. The van der Waals surface area contributed by atoms with Crippen LogP contribution < -0.4 is 10.5 Å². The van der Waals surface area contributed by atoms with Gasteiger partial charge in [0.05, 0.1) is 6.10 Å². The van der Waals surface area contributed by atoms with Gasteiger partial charge in [0.1, 0.15) is 6.61 Å². The van der Waals surface area contributed by atoms with Crippen LogP contribution in [0.4, 0.5) is 0 Å². The number of aliphatic hydroxyl groups excluding tert-OH is 1. The molecule has 16 heavy (non-hydrogen) atoms. The first-order chi connectivity index (χ1) is 7.60. The second-order valence-electron chi connectivity index (χ2n) is 3.43. The fourth-order valence-corrected chi connectivity index (χ4v) is 1.33. The van der Waals surface area contributed by atoms with Crippen LogP contribution in [0.25, 0.3) is 0 Å². The van der Waals surface area contributed by atoms with Gasteiger partial charge in [-0.05, 0) is 30.2 Å². The van der Waals surface area contributed by atoms with Crippen molar-refractivity contribution in [1.82, 2.24) is 0 Å². The quantitative estimate of drug-likeness (QED) is 0.654. The molecular formula is C12H15NO3. The molecule has 1 aromatic carbocycles. The SMILES string of the molecule is C#CCOc1cc(C(O)CN)cc(C)c1O. The Morgan fingerprint density at radius 2 is 2.25 bits per heavy atom. The van der Waals surface area contributed by atoms with Gasteiger partial charge in [-0.3, -0.25) is 0 Å². The number of aromatic hydroxyl groups is 1. The van der Waals surface area contributed by atoms with Gasteiger partial charge >= 0.3 is 0 Å².